The second-order valence-corrected chi connectivity index (χ2v) is 4.16. The quantitative estimate of drug-likeness (QED) is 0.687. The van der Waals surface area contributed by atoms with Crippen molar-refractivity contribution in [2.45, 2.75) is 32.4 Å². The van der Waals surface area contributed by atoms with Gasteiger partial charge >= 0.3 is 0 Å². The maximum atomic E-state index is 11.9. The molecule has 5 heteroatoms. The van der Waals surface area contributed by atoms with Crippen molar-refractivity contribution < 1.29 is 4.79 Å². The van der Waals surface area contributed by atoms with Gasteiger partial charge in [0.15, 0.2) is 5.78 Å². The number of hydrogen-bond acceptors (Lipinski definition) is 5. The summed E-state index contributed by atoms with van der Waals surface area (Å²) in [6.07, 6.45) is 1.82. The van der Waals surface area contributed by atoms with Crippen molar-refractivity contribution in [3.8, 4) is 0 Å². The number of carbonyl (C=O) groups excluding carboxylic acids is 1. The normalized spacial score (nSPS) is 22.7. The Kier molecular flexibility index (Phi) is 4.21. The third-order valence-corrected chi connectivity index (χ3v) is 3.14. The molecule has 0 spiro atoms. The maximum Gasteiger partial charge on any atom is 0.166 e. The van der Waals surface area contributed by atoms with E-state index >= 15 is 0 Å². The van der Waals surface area contributed by atoms with E-state index in [1.807, 2.05) is 30.9 Å². The summed E-state index contributed by atoms with van der Waals surface area (Å²) in [5.41, 5.74) is 5.64. The van der Waals surface area contributed by atoms with Crippen LogP contribution in [0.25, 0.3) is 0 Å². The molecule has 0 bridgehead atoms. The van der Waals surface area contributed by atoms with Crippen LogP contribution in [0.5, 0.6) is 0 Å². The number of nitrogens with zero attached hydrogens (tertiary/aromatic N) is 2. The number of nitrogens with one attached hydrogen (secondary N) is 2. The zero-order valence-corrected chi connectivity index (χ0v) is 10.1. The Morgan fingerprint density at radius 2 is 2.20 bits per heavy atom. The lowest BCUT2D eigenvalue weighted by molar-refractivity contribution is -0.151. The topological polar surface area (TPSA) is 47.6 Å². The van der Waals surface area contributed by atoms with Gasteiger partial charge in [-0.1, -0.05) is 6.92 Å². The summed E-state index contributed by atoms with van der Waals surface area (Å²) in [4.78, 5) is 13.9. The standard InChI is InChI=1S/C10H22N4O/c1-5-10(9(2)15,13(3)4)14-8-6-7-11-12-14/h11-12H,5-8H2,1-4H3. The lowest BCUT2D eigenvalue weighted by Gasteiger charge is -2.47. The van der Waals surface area contributed by atoms with Crippen LogP contribution in [0.1, 0.15) is 26.7 Å². The SMILES string of the molecule is CCC(C(C)=O)(N(C)C)N1CCCNN1. The summed E-state index contributed by atoms with van der Waals surface area (Å²) in [5.74, 6) is 0.172. The minimum Gasteiger partial charge on any atom is -0.296 e. The van der Waals surface area contributed by atoms with Crippen LogP contribution in [-0.4, -0.2) is 48.5 Å². The van der Waals surface area contributed by atoms with E-state index in [4.69, 9.17) is 0 Å². The smallest absolute Gasteiger partial charge is 0.166 e. The Bertz CT molecular complexity index is 225. The average Bonchev–Trinajstić information content (AvgIpc) is 2.20. The zero-order valence-electron chi connectivity index (χ0n) is 10.1. The Morgan fingerprint density at radius 1 is 1.53 bits per heavy atom. The van der Waals surface area contributed by atoms with Crippen LogP contribution < -0.4 is 11.0 Å². The summed E-state index contributed by atoms with van der Waals surface area (Å²) in [5, 5.41) is 2.00. The molecule has 1 unspecified atom stereocenters. The number of hydrogen-bond donors (Lipinski definition) is 2. The Morgan fingerprint density at radius 3 is 2.53 bits per heavy atom. The number of ketones is 1. The Balaban J connectivity index is 2.91. The first kappa shape index (κ1) is 12.6. The van der Waals surface area contributed by atoms with E-state index in [1.165, 1.54) is 0 Å². The largest absolute Gasteiger partial charge is 0.296 e. The third kappa shape index (κ3) is 2.20. The monoisotopic (exact) mass is 214 g/mol. The van der Waals surface area contributed by atoms with Gasteiger partial charge in [0.05, 0.1) is 0 Å². The van der Waals surface area contributed by atoms with Crippen LogP contribution in [-0.2, 0) is 4.79 Å². The van der Waals surface area contributed by atoms with E-state index < -0.39 is 5.66 Å². The predicted molar refractivity (Wildman–Crippen MR) is 59.9 cm³/mol. The molecule has 1 fully saturated rings. The molecule has 0 radical (unpaired) electrons. The van der Waals surface area contributed by atoms with Crippen LogP contribution in [0.2, 0.25) is 0 Å². The van der Waals surface area contributed by atoms with Crippen molar-refractivity contribution in [3.05, 3.63) is 0 Å². The molecular weight excluding hydrogens is 192 g/mol. The maximum absolute atomic E-state index is 11.9. The van der Waals surface area contributed by atoms with E-state index in [-0.39, 0.29) is 5.78 Å². The summed E-state index contributed by atoms with van der Waals surface area (Å²) >= 11 is 0. The molecule has 2 N–H and O–H groups in total. The second kappa shape index (κ2) is 5.03. The van der Waals surface area contributed by atoms with Crippen molar-refractivity contribution in [1.82, 2.24) is 20.9 Å². The van der Waals surface area contributed by atoms with Gasteiger partial charge in [-0.15, -0.1) is 0 Å². The molecule has 0 aromatic heterocycles. The van der Waals surface area contributed by atoms with Crippen LogP contribution in [0.4, 0.5) is 0 Å². The molecule has 1 saturated heterocycles. The molecule has 1 rings (SSSR count). The molecule has 1 heterocycles. The van der Waals surface area contributed by atoms with Crippen molar-refractivity contribution >= 4 is 5.78 Å². The van der Waals surface area contributed by atoms with Crippen LogP contribution in [0.15, 0.2) is 0 Å². The molecular formula is C10H22N4O. The molecule has 1 aliphatic heterocycles. The van der Waals surface area contributed by atoms with E-state index in [2.05, 4.69) is 11.0 Å². The van der Waals surface area contributed by atoms with Crippen molar-refractivity contribution in [2.24, 2.45) is 0 Å². The third-order valence-electron chi connectivity index (χ3n) is 3.14. The van der Waals surface area contributed by atoms with Gasteiger partial charge in [0.2, 0.25) is 0 Å². The van der Waals surface area contributed by atoms with E-state index in [0.717, 1.165) is 25.9 Å². The first-order chi connectivity index (χ1) is 7.05. The number of carbonyl (C=O) groups is 1. The molecule has 1 aliphatic rings. The molecule has 0 amide bonds. The number of hydrazine groups is 2. The highest BCUT2D eigenvalue weighted by Gasteiger charge is 2.42. The summed E-state index contributed by atoms with van der Waals surface area (Å²) in [7, 11) is 3.89. The van der Waals surface area contributed by atoms with Gasteiger partial charge in [-0.3, -0.25) is 9.69 Å². The molecule has 0 aliphatic carbocycles. The van der Waals surface area contributed by atoms with Gasteiger partial charge in [0, 0.05) is 13.1 Å². The van der Waals surface area contributed by atoms with E-state index in [0.29, 0.717) is 0 Å². The summed E-state index contributed by atoms with van der Waals surface area (Å²) in [6.45, 7) is 5.53. The second-order valence-electron chi connectivity index (χ2n) is 4.16. The van der Waals surface area contributed by atoms with Gasteiger partial charge < -0.3 is 0 Å². The fraction of sp³-hybridized carbons (Fsp3) is 0.900. The van der Waals surface area contributed by atoms with Crippen LogP contribution in [0, 0.1) is 0 Å². The van der Waals surface area contributed by atoms with Crippen molar-refractivity contribution in [2.75, 3.05) is 27.2 Å². The Hall–Kier alpha value is -0.490. The molecule has 5 nitrogen and oxygen atoms in total. The lowest BCUT2D eigenvalue weighted by Crippen LogP contribution is -2.70. The number of likely N-dealkylation sites (N-methyl/N-ethyl adjacent to an activating group) is 1. The van der Waals surface area contributed by atoms with Crippen molar-refractivity contribution in [1.29, 1.82) is 0 Å². The highest BCUT2D eigenvalue weighted by atomic mass is 16.1. The minimum absolute atomic E-state index is 0.172. The van der Waals surface area contributed by atoms with Crippen LogP contribution >= 0.6 is 0 Å². The number of Topliss-reactive ketones (excluding diaryl/α,β-unsaturated/α-hetero) is 1. The van der Waals surface area contributed by atoms with Crippen LogP contribution in [0.3, 0.4) is 0 Å². The molecule has 88 valence electrons. The van der Waals surface area contributed by atoms with E-state index in [9.17, 15) is 4.79 Å². The van der Waals surface area contributed by atoms with Crippen molar-refractivity contribution in [3.63, 3.8) is 0 Å². The zero-order chi connectivity index (χ0) is 11.5. The summed E-state index contributed by atoms with van der Waals surface area (Å²) in [6, 6.07) is 0. The predicted octanol–water partition coefficient (Wildman–Crippen LogP) is -0.0418. The highest BCUT2D eigenvalue weighted by Crippen LogP contribution is 2.22. The first-order valence-corrected chi connectivity index (χ1v) is 5.50. The molecule has 0 saturated carbocycles. The molecule has 0 aromatic rings. The fourth-order valence-corrected chi connectivity index (χ4v) is 2.31. The fourth-order valence-electron chi connectivity index (χ4n) is 2.31. The number of rotatable bonds is 4. The molecule has 1 atom stereocenters. The first-order valence-electron chi connectivity index (χ1n) is 5.50. The van der Waals surface area contributed by atoms with Gasteiger partial charge in [-0.05, 0) is 33.9 Å². The lowest BCUT2D eigenvalue weighted by atomic mass is 9.99. The minimum atomic E-state index is -0.534. The summed E-state index contributed by atoms with van der Waals surface area (Å²) < 4.78 is 0. The molecule has 15 heavy (non-hydrogen) atoms. The van der Waals surface area contributed by atoms with Gasteiger partial charge in [-0.2, -0.15) is 5.53 Å². The van der Waals surface area contributed by atoms with Gasteiger partial charge in [0.25, 0.3) is 0 Å². The average molecular weight is 214 g/mol. The van der Waals surface area contributed by atoms with E-state index in [1.54, 1.807) is 6.92 Å². The molecule has 0 aromatic carbocycles. The Labute approximate surface area is 91.7 Å². The highest BCUT2D eigenvalue weighted by molar-refractivity contribution is 5.85. The van der Waals surface area contributed by atoms with Gasteiger partial charge in [-0.25, -0.2) is 10.4 Å². The van der Waals surface area contributed by atoms with Gasteiger partial charge in [0.1, 0.15) is 5.66 Å².